The van der Waals surface area contributed by atoms with E-state index in [1.807, 2.05) is 13.8 Å². The molecule has 0 atom stereocenters. The van der Waals surface area contributed by atoms with Gasteiger partial charge in [-0.3, -0.25) is 4.79 Å². The van der Waals surface area contributed by atoms with Crippen LogP contribution in [0.4, 0.5) is 13.2 Å². The van der Waals surface area contributed by atoms with Gasteiger partial charge in [-0.25, -0.2) is 4.68 Å². The molecular formula is C14H15F3N2O. The monoisotopic (exact) mass is 284 g/mol. The van der Waals surface area contributed by atoms with Gasteiger partial charge in [-0.15, -0.1) is 0 Å². The second-order valence-electron chi connectivity index (χ2n) is 4.92. The zero-order chi connectivity index (χ0) is 15.1. The SMILES string of the molecule is CCn1nc(C(C)C)c2cc(C(F)(F)F)ccc2c1=O. The van der Waals surface area contributed by atoms with Crippen LogP contribution in [0.25, 0.3) is 10.8 Å². The third-order valence-electron chi connectivity index (χ3n) is 3.16. The van der Waals surface area contributed by atoms with Crippen LogP contribution in [0.1, 0.15) is 37.9 Å². The standard InChI is InChI=1S/C14H15F3N2O/c1-4-19-13(20)10-6-5-9(14(15,16)17)7-11(10)12(18-19)8(2)3/h5-8H,4H2,1-3H3. The number of hydrogen-bond donors (Lipinski definition) is 0. The van der Waals surface area contributed by atoms with Gasteiger partial charge in [0.1, 0.15) is 0 Å². The lowest BCUT2D eigenvalue weighted by atomic mass is 10.0. The lowest BCUT2D eigenvalue weighted by Gasteiger charge is -2.14. The molecule has 0 bridgehead atoms. The molecule has 1 aromatic heterocycles. The van der Waals surface area contributed by atoms with E-state index in [2.05, 4.69) is 5.10 Å². The zero-order valence-corrected chi connectivity index (χ0v) is 11.5. The molecule has 0 N–H and O–H groups in total. The third kappa shape index (κ3) is 2.42. The van der Waals surface area contributed by atoms with Crippen LogP contribution in [0.2, 0.25) is 0 Å². The molecule has 1 aromatic carbocycles. The van der Waals surface area contributed by atoms with Crippen LogP contribution in [0.5, 0.6) is 0 Å². The average molecular weight is 284 g/mol. The first-order chi connectivity index (χ1) is 9.25. The summed E-state index contributed by atoms with van der Waals surface area (Å²) in [6, 6.07) is 3.19. The Balaban J connectivity index is 2.87. The molecule has 0 aliphatic rings. The van der Waals surface area contributed by atoms with Gasteiger partial charge in [0, 0.05) is 11.9 Å². The van der Waals surface area contributed by atoms with Gasteiger partial charge in [0.15, 0.2) is 0 Å². The number of aromatic nitrogens is 2. The number of halogens is 3. The van der Waals surface area contributed by atoms with Gasteiger partial charge in [0.25, 0.3) is 5.56 Å². The summed E-state index contributed by atoms with van der Waals surface area (Å²) < 4.78 is 39.7. The van der Waals surface area contributed by atoms with Crippen molar-refractivity contribution in [1.29, 1.82) is 0 Å². The molecule has 20 heavy (non-hydrogen) atoms. The van der Waals surface area contributed by atoms with Crippen LogP contribution < -0.4 is 5.56 Å². The summed E-state index contributed by atoms with van der Waals surface area (Å²) in [5, 5.41) is 4.74. The van der Waals surface area contributed by atoms with Crippen LogP contribution in [0, 0.1) is 0 Å². The van der Waals surface area contributed by atoms with Crippen LogP contribution in [-0.2, 0) is 12.7 Å². The Labute approximate surface area is 114 Å². The number of rotatable bonds is 2. The van der Waals surface area contributed by atoms with Crippen molar-refractivity contribution in [3.05, 3.63) is 39.8 Å². The van der Waals surface area contributed by atoms with Crippen molar-refractivity contribution in [2.45, 2.75) is 39.4 Å². The molecule has 0 aliphatic carbocycles. The van der Waals surface area contributed by atoms with Crippen molar-refractivity contribution in [3.8, 4) is 0 Å². The Kier molecular flexibility index (Phi) is 3.58. The molecule has 3 nitrogen and oxygen atoms in total. The van der Waals surface area contributed by atoms with Gasteiger partial charge < -0.3 is 0 Å². The largest absolute Gasteiger partial charge is 0.416 e. The Hall–Kier alpha value is -1.85. The molecule has 108 valence electrons. The van der Waals surface area contributed by atoms with Crippen molar-refractivity contribution in [2.75, 3.05) is 0 Å². The number of nitrogens with zero attached hydrogens (tertiary/aromatic N) is 2. The second kappa shape index (κ2) is 4.92. The molecule has 0 saturated carbocycles. The molecule has 0 radical (unpaired) electrons. The van der Waals surface area contributed by atoms with Crippen LogP contribution in [0.3, 0.4) is 0 Å². The number of alkyl halides is 3. The van der Waals surface area contributed by atoms with E-state index in [0.29, 0.717) is 12.2 Å². The molecule has 0 saturated heterocycles. The van der Waals surface area contributed by atoms with E-state index >= 15 is 0 Å². The first kappa shape index (κ1) is 14.6. The Morgan fingerprint density at radius 3 is 2.40 bits per heavy atom. The van der Waals surface area contributed by atoms with E-state index in [-0.39, 0.29) is 22.2 Å². The van der Waals surface area contributed by atoms with Gasteiger partial charge in [0.05, 0.1) is 16.6 Å². The fourth-order valence-corrected chi connectivity index (χ4v) is 2.13. The lowest BCUT2D eigenvalue weighted by Crippen LogP contribution is -2.24. The molecule has 2 rings (SSSR count). The minimum absolute atomic E-state index is 0.0700. The summed E-state index contributed by atoms with van der Waals surface area (Å²) in [7, 11) is 0. The van der Waals surface area contributed by atoms with Gasteiger partial charge in [0.2, 0.25) is 0 Å². The van der Waals surface area contributed by atoms with Gasteiger partial charge >= 0.3 is 6.18 Å². The van der Waals surface area contributed by atoms with Crippen LogP contribution in [0.15, 0.2) is 23.0 Å². The van der Waals surface area contributed by atoms with Crippen molar-refractivity contribution >= 4 is 10.8 Å². The zero-order valence-electron chi connectivity index (χ0n) is 11.5. The highest BCUT2D eigenvalue weighted by Crippen LogP contribution is 2.32. The van der Waals surface area contributed by atoms with Crippen LogP contribution >= 0.6 is 0 Å². The van der Waals surface area contributed by atoms with Crippen molar-refractivity contribution < 1.29 is 13.2 Å². The van der Waals surface area contributed by atoms with Crippen molar-refractivity contribution in [1.82, 2.24) is 9.78 Å². The summed E-state index contributed by atoms with van der Waals surface area (Å²) in [4.78, 5) is 12.1. The van der Waals surface area contributed by atoms with Crippen molar-refractivity contribution in [2.24, 2.45) is 0 Å². The molecule has 1 heterocycles. The Morgan fingerprint density at radius 2 is 1.90 bits per heavy atom. The maximum absolute atomic E-state index is 12.8. The average Bonchev–Trinajstić information content (AvgIpc) is 2.37. The number of benzene rings is 1. The number of fused-ring (bicyclic) bond motifs is 1. The summed E-state index contributed by atoms with van der Waals surface area (Å²) in [5.41, 5.74) is -0.615. The summed E-state index contributed by atoms with van der Waals surface area (Å²) in [6.07, 6.45) is -4.43. The molecule has 2 aromatic rings. The van der Waals surface area contributed by atoms with E-state index in [4.69, 9.17) is 0 Å². The highest BCUT2D eigenvalue weighted by Gasteiger charge is 2.31. The van der Waals surface area contributed by atoms with Gasteiger partial charge in [-0.05, 0) is 31.0 Å². The Bertz CT molecular complexity index is 702. The highest BCUT2D eigenvalue weighted by molar-refractivity contribution is 5.84. The maximum Gasteiger partial charge on any atom is 0.416 e. The Morgan fingerprint density at radius 1 is 1.25 bits per heavy atom. The highest BCUT2D eigenvalue weighted by atomic mass is 19.4. The second-order valence-corrected chi connectivity index (χ2v) is 4.92. The topological polar surface area (TPSA) is 34.9 Å². The number of hydrogen-bond acceptors (Lipinski definition) is 2. The normalized spacial score (nSPS) is 12.3. The predicted molar refractivity (Wildman–Crippen MR) is 70.8 cm³/mol. The molecule has 0 aliphatic heterocycles. The third-order valence-corrected chi connectivity index (χ3v) is 3.16. The smallest absolute Gasteiger partial charge is 0.267 e. The molecule has 0 unspecified atom stereocenters. The predicted octanol–water partition coefficient (Wildman–Crippen LogP) is 3.56. The van der Waals surface area contributed by atoms with Crippen LogP contribution in [-0.4, -0.2) is 9.78 Å². The summed E-state index contributed by atoms with van der Waals surface area (Å²) >= 11 is 0. The van der Waals surface area contributed by atoms with E-state index in [0.717, 1.165) is 12.1 Å². The number of aryl methyl sites for hydroxylation is 1. The molecule has 6 heteroatoms. The van der Waals surface area contributed by atoms with Crippen molar-refractivity contribution in [3.63, 3.8) is 0 Å². The fraction of sp³-hybridized carbons (Fsp3) is 0.429. The first-order valence-corrected chi connectivity index (χ1v) is 6.37. The molecule has 0 fully saturated rings. The quantitative estimate of drug-likeness (QED) is 0.845. The minimum atomic E-state index is -4.43. The molecule has 0 amide bonds. The van der Waals surface area contributed by atoms with E-state index in [1.54, 1.807) is 6.92 Å². The van der Waals surface area contributed by atoms with E-state index in [1.165, 1.54) is 10.7 Å². The fourth-order valence-electron chi connectivity index (χ4n) is 2.13. The summed E-state index contributed by atoms with van der Waals surface area (Å²) in [5.74, 6) is -0.0700. The van der Waals surface area contributed by atoms with E-state index < -0.39 is 11.7 Å². The lowest BCUT2D eigenvalue weighted by molar-refractivity contribution is -0.137. The molecule has 0 spiro atoms. The summed E-state index contributed by atoms with van der Waals surface area (Å²) in [6.45, 7) is 5.84. The van der Waals surface area contributed by atoms with E-state index in [9.17, 15) is 18.0 Å². The molecular weight excluding hydrogens is 269 g/mol. The maximum atomic E-state index is 12.8. The van der Waals surface area contributed by atoms with Gasteiger partial charge in [-0.2, -0.15) is 18.3 Å². The minimum Gasteiger partial charge on any atom is -0.267 e. The van der Waals surface area contributed by atoms with Gasteiger partial charge in [-0.1, -0.05) is 13.8 Å². The first-order valence-electron chi connectivity index (χ1n) is 6.37.